The van der Waals surface area contributed by atoms with Gasteiger partial charge in [-0.25, -0.2) is 10.4 Å². The van der Waals surface area contributed by atoms with Gasteiger partial charge in [-0.1, -0.05) is 22.0 Å². The number of rotatable bonds is 1. The summed E-state index contributed by atoms with van der Waals surface area (Å²) in [5, 5.41) is 9.76. The zero-order valence-corrected chi connectivity index (χ0v) is 10.1. The van der Waals surface area contributed by atoms with E-state index < -0.39 is 0 Å². The Morgan fingerprint density at radius 1 is 1.62 bits per heavy atom. The Morgan fingerprint density at radius 3 is 2.69 bits per heavy atom. The Balaban J connectivity index is 0.000000424. The molecule has 5 heteroatoms. The van der Waals surface area contributed by atoms with Gasteiger partial charge in [-0.2, -0.15) is 0 Å². The molecule has 0 bridgehead atoms. The van der Waals surface area contributed by atoms with Gasteiger partial charge in [0.25, 0.3) is 0 Å². The van der Waals surface area contributed by atoms with Gasteiger partial charge in [0, 0.05) is 4.48 Å². The predicted molar refractivity (Wildman–Crippen MR) is 65.0 cm³/mol. The maximum Gasteiger partial charge on any atom is 0.0913 e. The van der Waals surface area contributed by atoms with Crippen molar-refractivity contribution in [1.29, 1.82) is 5.41 Å². The molecule has 0 aromatic heterocycles. The molecule has 70 valence electrons. The molecule has 2 nitrogen and oxygen atoms in total. The molecule has 0 saturated carbocycles. The van der Waals surface area contributed by atoms with Crippen LogP contribution in [0.4, 0.5) is 0 Å². The lowest BCUT2D eigenvalue weighted by Crippen LogP contribution is -2.07. The molecule has 0 saturated heterocycles. The van der Waals surface area contributed by atoms with E-state index in [1.165, 1.54) is 6.42 Å². The number of nitrogens with zero attached hydrogens (tertiary/aromatic N) is 1. The summed E-state index contributed by atoms with van der Waals surface area (Å²) < 4.78 is 1.16. The van der Waals surface area contributed by atoms with E-state index in [9.17, 15) is 0 Å². The van der Waals surface area contributed by atoms with Crippen molar-refractivity contribution in [3.05, 3.63) is 10.6 Å². The maximum atomic E-state index is 5.77. The van der Waals surface area contributed by atoms with Crippen molar-refractivity contribution in [3.8, 4) is 0 Å². The lowest BCUT2D eigenvalue weighted by molar-refractivity contribution is 0.644. The van der Waals surface area contributed by atoms with Crippen molar-refractivity contribution in [3.63, 3.8) is 0 Å². The zero-order chi connectivity index (χ0) is 10.1. The van der Waals surface area contributed by atoms with Crippen molar-refractivity contribution >= 4 is 50.7 Å². The molecular weight excluding hydrogens is 268 g/mol. The molecule has 1 aliphatic carbocycles. The Kier molecular flexibility index (Phi) is 8.30. The first-order valence-corrected chi connectivity index (χ1v) is 5.33. The Bertz CT molecular complexity index is 263. The molecule has 0 aromatic carbocycles. The van der Waals surface area contributed by atoms with E-state index in [0.717, 1.165) is 17.3 Å². The SMILES string of the molecule is N=C=S.S=C=NC1CCCC=C1Br. The Labute approximate surface area is 96.8 Å². The third-order valence-corrected chi connectivity index (χ3v) is 2.51. The minimum atomic E-state index is 0.256. The summed E-state index contributed by atoms with van der Waals surface area (Å²) in [5.41, 5.74) is 0. The fourth-order valence-corrected chi connectivity index (χ4v) is 1.70. The molecule has 0 amide bonds. The van der Waals surface area contributed by atoms with E-state index in [4.69, 9.17) is 5.41 Å². The van der Waals surface area contributed by atoms with Gasteiger partial charge in [-0.05, 0) is 43.7 Å². The largest absolute Gasteiger partial charge is 0.248 e. The highest BCUT2D eigenvalue weighted by atomic mass is 79.9. The van der Waals surface area contributed by atoms with Crippen LogP contribution in [0.5, 0.6) is 0 Å². The molecule has 0 aliphatic heterocycles. The summed E-state index contributed by atoms with van der Waals surface area (Å²) in [7, 11) is 0. The van der Waals surface area contributed by atoms with Crippen LogP contribution in [0.3, 0.4) is 0 Å². The van der Waals surface area contributed by atoms with Crippen LogP contribution in [0.25, 0.3) is 0 Å². The van der Waals surface area contributed by atoms with Gasteiger partial charge in [0.05, 0.1) is 16.4 Å². The highest BCUT2D eigenvalue weighted by molar-refractivity contribution is 9.11. The number of halogens is 1. The van der Waals surface area contributed by atoms with Gasteiger partial charge in [0.1, 0.15) is 0 Å². The van der Waals surface area contributed by atoms with Crippen molar-refractivity contribution < 1.29 is 0 Å². The van der Waals surface area contributed by atoms with Crippen LogP contribution in [0, 0.1) is 5.41 Å². The highest BCUT2D eigenvalue weighted by Crippen LogP contribution is 2.25. The van der Waals surface area contributed by atoms with Crippen LogP contribution in [0.1, 0.15) is 19.3 Å². The Morgan fingerprint density at radius 2 is 2.23 bits per heavy atom. The number of hydrogen-bond donors (Lipinski definition) is 1. The van der Waals surface area contributed by atoms with E-state index in [0.29, 0.717) is 0 Å². The second kappa shape index (κ2) is 8.42. The molecule has 1 atom stereocenters. The van der Waals surface area contributed by atoms with Gasteiger partial charge < -0.3 is 0 Å². The summed E-state index contributed by atoms with van der Waals surface area (Å²) in [5.74, 6) is 0. The van der Waals surface area contributed by atoms with E-state index in [-0.39, 0.29) is 6.04 Å². The molecule has 0 aromatic rings. The number of thiocarbonyl (C=S) groups is 2. The number of aliphatic imine (C=N–C) groups is 1. The third-order valence-electron chi connectivity index (χ3n) is 1.55. The average Bonchev–Trinajstić information content (AvgIpc) is 2.11. The number of nitrogens with one attached hydrogen (secondary N) is 1. The summed E-state index contributed by atoms with van der Waals surface area (Å²) in [6.45, 7) is 0. The van der Waals surface area contributed by atoms with Crippen LogP contribution < -0.4 is 0 Å². The van der Waals surface area contributed by atoms with Crippen LogP contribution >= 0.6 is 40.4 Å². The molecule has 0 heterocycles. The predicted octanol–water partition coefficient (Wildman–Crippen LogP) is 3.59. The second-order valence-electron chi connectivity index (χ2n) is 2.36. The van der Waals surface area contributed by atoms with E-state index in [1.54, 1.807) is 5.16 Å². The number of allylic oxidation sites excluding steroid dienone is 1. The molecule has 1 unspecified atom stereocenters. The smallest absolute Gasteiger partial charge is 0.0913 e. The van der Waals surface area contributed by atoms with Crippen molar-refractivity contribution in [2.45, 2.75) is 25.3 Å². The fraction of sp³-hybridized carbons (Fsp3) is 0.500. The van der Waals surface area contributed by atoms with Crippen molar-refractivity contribution in [1.82, 2.24) is 0 Å². The Hall–Kier alpha value is -0.180. The van der Waals surface area contributed by atoms with E-state index in [2.05, 4.69) is 56.6 Å². The topological polar surface area (TPSA) is 36.2 Å². The standard InChI is InChI=1S/C7H8BrNS.CHNS/c8-6-3-1-2-4-7(6)9-5-10;2-1-3/h3,7H,1-2,4H2;2H. The normalized spacial score (nSPS) is 19.8. The summed E-state index contributed by atoms with van der Waals surface area (Å²) in [6, 6.07) is 0.256. The lowest BCUT2D eigenvalue weighted by Gasteiger charge is -2.13. The zero-order valence-electron chi connectivity index (χ0n) is 6.92. The first kappa shape index (κ1) is 12.8. The van der Waals surface area contributed by atoms with Gasteiger partial charge >= 0.3 is 0 Å². The third kappa shape index (κ3) is 5.97. The molecule has 0 spiro atoms. The molecule has 13 heavy (non-hydrogen) atoms. The molecule has 1 aliphatic rings. The van der Waals surface area contributed by atoms with E-state index in [1.807, 2.05) is 0 Å². The molecule has 1 rings (SSSR count). The average molecular weight is 277 g/mol. The van der Waals surface area contributed by atoms with Gasteiger partial charge in [-0.15, -0.1) is 0 Å². The number of isothiocyanates is 2. The van der Waals surface area contributed by atoms with Crippen LogP contribution in [-0.4, -0.2) is 16.4 Å². The van der Waals surface area contributed by atoms with Gasteiger partial charge in [-0.3, -0.25) is 0 Å². The second-order valence-corrected chi connectivity index (χ2v) is 3.66. The number of hydrogen-bond acceptors (Lipinski definition) is 4. The maximum absolute atomic E-state index is 5.77. The van der Waals surface area contributed by atoms with Crippen LogP contribution in [-0.2, 0) is 0 Å². The molecule has 0 radical (unpaired) electrons. The van der Waals surface area contributed by atoms with Gasteiger partial charge in [0.2, 0.25) is 0 Å². The quantitative estimate of drug-likeness (QED) is 0.587. The fourth-order valence-electron chi connectivity index (χ4n) is 1.01. The first-order valence-electron chi connectivity index (χ1n) is 3.72. The highest BCUT2D eigenvalue weighted by Gasteiger charge is 2.12. The van der Waals surface area contributed by atoms with Crippen molar-refractivity contribution in [2.75, 3.05) is 0 Å². The summed E-state index contributed by atoms with van der Waals surface area (Å²) >= 11 is 11.8. The lowest BCUT2D eigenvalue weighted by atomic mass is 10.0. The van der Waals surface area contributed by atoms with Crippen molar-refractivity contribution in [2.24, 2.45) is 4.99 Å². The van der Waals surface area contributed by atoms with E-state index >= 15 is 0 Å². The summed E-state index contributed by atoms with van der Waals surface area (Å²) in [6.07, 6.45) is 5.62. The molecule has 0 fully saturated rings. The minimum Gasteiger partial charge on any atom is -0.248 e. The monoisotopic (exact) mass is 276 g/mol. The molecular formula is C8H9BrN2S2. The molecule has 1 N–H and O–H groups in total. The summed E-state index contributed by atoms with van der Waals surface area (Å²) in [4.78, 5) is 4.01. The van der Waals surface area contributed by atoms with Crippen LogP contribution in [0.2, 0.25) is 0 Å². The minimum absolute atomic E-state index is 0.256. The van der Waals surface area contributed by atoms with Crippen LogP contribution in [0.15, 0.2) is 15.6 Å². The first-order chi connectivity index (χ1) is 6.26. The van der Waals surface area contributed by atoms with Gasteiger partial charge in [0.15, 0.2) is 0 Å².